The summed E-state index contributed by atoms with van der Waals surface area (Å²) in [5, 5.41) is 3.72. The molecule has 0 aromatic carbocycles. The Hall–Kier alpha value is 0.310. The molecule has 18 heavy (non-hydrogen) atoms. The molecule has 1 rings (SSSR count). The van der Waals surface area contributed by atoms with Crippen molar-refractivity contribution in [1.29, 1.82) is 0 Å². The minimum atomic E-state index is 0.493. The van der Waals surface area contributed by atoms with Crippen molar-refractivity contribution in [3.63, 3.8) is 0 Å². The Kier molecular flexibility index (Phi) is 7.08. The molecule has 1 nitrogen and oxygen atoms in total. The SMILES string of the molecule is CCNC1CCC(C(C)(C)C)CC1CCSCC. The van der Waals surface area contributed by atoms with Gasteiger partial charge in [-0.3, -0.25) is 0 Å². The molecule has 3 unspecified atom stereocenters. The molecule has 0 bridgehead atoms. The Bertz CT molecular complexity index is 222. The van der Waals surface area contributed by atoms with E-state index in [9.17, 15) is 0 Å². The molecule has 0 heterocycles. The van der Waals surface area contributed by atoms with Crippen molar-refractivity contribution in [3.8, 4) is 0 Å². The molecule has 0 aromatic rings. The van der Waals surface area contributed by atoms with Crippen molar-refractivity contribution < 1.29 is 0 Å². The average molecular weight is 272 g/mol. The van der Waals surface area contributed by atoms with Crippen LogP contribution in [0.2, 0.25) is 0 Å². The van der Waals surface area contributed by atoms with E-state index in [0.29, 0.717) is 5.41 Å². The smallest absolute Gasteiger partial charge is 0.00957 e. The average Bonchev–Trinajstić information content (AvgIpc) is 2.30. The second-order valence-corrected chi connectivity index (χ2v) is 8.18. The van der Waals surface area contributed by atoms with Crippen LogP contribution in [0.3, 0.4) is 0 Å². The number of nitrogens with one attached hydrogen (secondary N) is 1. The van der Waals surface area contributed by atoms with Gasteiger partial charge in [0.05, 0.1) is 0 Å². The molecule has 1 fully saturated rings. The van der Waals surface area contributed by atoms with Gasteiger partial charge >= 0.3 is 0 Å². The third-order valence-corrected chi connectivity index (χ3v) is 5.44. The van der Waals surface area contributed by atoms with Crippen LogP contribution in [-0.2, 0) is 0 Å². The lowest BCUT2D eigenvalue weighted by Gasteiger charge is -2.42. The predicted octanol–water partition coefficient (Wildman–Crippen LogP) is 4.57. The zero-order valence-electron chi connectivity index (χ0n) is 13.1. The zero-order valence-corrected chi connectivity index (χ0v) is 13.9. The zero-order chi connectivity index (χ0) is 13.6. The molecule has 0 amide bonds. The predicted molar refractivity (Wildman–Crippen MR) is 85.4 cm³/mol. The fourth-order valence-corrected chi connectivity index (χ4v) is 4.04. The molecule has 1 saturated carbocycles. The van der Waals surface area contributed by atoms with Crippen LogP contribution in [0.1, 0.15) is 60.3 Å². The van der Waals surface area contributed by atoms with Gasteiger partial charge in [0.2, 0.25) is 0 Å². The Morgan fingerprint density at radius 2 is 1.89 bits per heavy atom. The molecular weight excluding hydrogens is 238 g/mol. The lowest BCUT2D eigenvalue weighted by Crippen LogP contribution is -2.43. The van der Waals surface area contributed by atoms with E-state index in [1.54, 1.807) is 0 Å². The highest BCUT2D eigenvalue weighted by Gasteiger charge is 2.35. The normalized spacial score (nSPS) is 29.5. The van der Waals surface area contributed by atoms with Crippen LogP contribution in [0.15, 0.2) is 0 Å². The summed E-state index contributed by atoms with van der Waals surface area (Å²) in [5.41, 5.74) is 0.493. The largest absolute Gasteiger partial charge is 0.314 e. The summed E-state index contributed by atoms with van der Waals surface area (Å²) in [4.78, 5) is 0. The minimum Gasteiger partial charge on any atom is -0.314 e. The summed E-state index contributed by atoms with van der Waals surface area (Å²) in [6, 6.07) is 0.783. The second-order valence-electron chi connectivity index (χ2n) is 6.79. The Morgan fingerprint density at radius 3 is 2.44 bits per heavy atom. The highest BCUT2D eigenvalue weighted by molar-refractivity contribution is 7.99. The second kappa shape index (κ2) is 7.79. The van der Waals surface area contributed by atoms with Gasteiger partial charge in [-0.05, 0) is 61.0 Å². The quantitative estimate of drug-likeness (QED) is 0.710. The highest BCUT2D eigenvalue weighted by Crippen LogP contribution is 2.41. The molecular formula is C16H33NS. The van der Waals surface area contributed by atoms with Gasteiger partial charge in [0, 0.05) is 6.04 Å². The summed E-state index contributed by atoms with van der Waals surface area (Å²) in [6.07, 6.45) is 5.64. The number of thioether (sulfide) groups is 1. The van der Waals surface area contributed by atoms with Gasteiger partial charge in [-0.15, -0.1) is 0 Å². The molecule has 1 N–H and O–H groups in total. The van der Waals surface area contributed by atoms with Crippen LogP contribution in [0.25, 0.3) is 0 Å². The molecule has 108 valence electrons. The van der Waals surface area contributed by atoms with E-state index in [-0.39, 0.29) is 0 Å². The van der Waals surface area contributed by atoms with Gasteiger partial charge < -0.3 is 5.32 Å². The first kappa shape index (κ1) is 16.4. The summed E-state index contributed by atoms with van der Waals surface area (Å²) in [5.74, 6) is 4.44. The molecule has 2 heteroatoms. The molecule has 0 radical (unpaired) electrons. The van der Waals surface area contributed by atoms with Crippen molar-refractivity contribution in [1.82, 2.24) is 5.32 Å². The molecule has 1 aliphatic rings. The third kappa shape index (κ3) is 5.13. The fraction of sp³-hybridized carbons (Fsp3) is 1.00. The van der Waals surface area contributed by atoms with Gasteiger partial charge in [-0.25, -0.2) is 0 Å². The first-order chi connectivity index (χ1) is 8.49. The maximum absolute atomic E-state index is 3.72. The monoisotopic (exact) mass is 271 g/mol. The highest BCUT2D eigenvalue weighted by atomic mass is 32.2. The molecule has 0 aromatic heterocycles. The van der Waals surface area contributed by atoms with Gasteiger partial charge in [0.25, 0.3) is 0 Å². The maximum Gasteiger partial charge on any atom is 0.00957 e. The lowest BCUT2D eigenvalue weighted by atomic mass is 9.67. The number of hydrogen-bond acceptors (Lipinski definition) is 2. The van der Waals surface area contributed by atoms with E-state index in [4.69, 9.17) is 0 Å². The van der Waals surface area contributed by atoms with E-state index >= 15 is 0 Å². The van der Waals surface area contributed by atoms with Crippen LogP contribution in [-0.4, -0.2) is 24.1 Å². The lowest BCUT2D eigenvalue weighted by molar-refractivity contribution is 0.113. The molecule has 0 aliphatic heterocycles. The number of rotatable bonds is 6. The Labute approximate surface area is 119 Å². The number of hydrogen-bond donors (Lipinski definition) is 1. The Morgan fingerprint density at radius 1 is 1.17 bits per heavy atom. The first-order valence-electron chi connectivity index (χ1n) is 7.80. The topological polar surface area (TPSA) is 12.0 Å². The maximum atomic E-state index is 3.72. The van der Waals surface area contributed by atoms with E-state index in [0.717, 1.165) is 24.4 Å². The van der Waals surface area contributed by atoms with Gasteiger partial charge in [-0.1, -0.05) is 34.6 Å². The van der Waals surface area contributed by atoms with Crippen molar-refractivity contribution in [2.45, 2.75) is 66.3 Å². The van der Waals surface area contributed by atoms with Crippen LogP contribution < -0.4 is 5.32 Å². The van der Waals surface area contributed by atoms with Crippen LogP contribution in [0, 0.1) is 17.3 Å². The van der Waals surface area contributed by atoms with Gasteiger partial charge in [-0.2, -0.15) is 11.8 Å². The van der Waals surface area contributed by atoms with Crippen molar-refractivity contribution in [2.24, 2.45) is 17.3 Å². The van der Waals surface area contributed by atoms with Crippen molar-refractivity contribution in [2.75, 3.05) is 18.1 Å². The first-order valence-corrected chi connectivity index (χ1v) is 8.95. The Balaban J connectivity index is 2.52. The van der Waals surface area contributed by atoms with Crippen LogP contribution in [0.4, 0.5) is 0 Å². The van der Waals surface area contributed by atoms with Crippen molar-refractivity contribution in [3.05, 3.63) is 0 Å². The van der Waals surface area contributed by atoms with E-state index in [1.807, 2.05) is 0 Å². The van der Waals surface area contributed by atoms with Crippen molar-refractivity contribution >= 4 is 11.8 Å². The summed E-state index contributed by atoms with van der Waals surface area (Å²) < 4.78 is 0. The van der Waals surface area contributed by atoms with E-state index in [1.165, 1.54) is 37.2 Å². The summed E-state index contributed by atoms with van der Waals surface area (Å²) in [7, 11) is 0. The van der Waals surface area contributed by atoms with Gasteiger partial charge in [0.1, 0.15) is 0 Å². The van der Waals surface area contributed by atoms with E-state index < -0.39 is 0 Å². The fourth-order valence-electron chi connectivity index (χ4n) is 3.28. The molecule has 0 saturated heterocycles. The summed E-state index contributed by atoms with van der Waals surface area (Å²) >= 11 is 2.10. The van der Waals surface area contributed by atoms with Crippen LogP contribution in [0.5, 0.6) is 0 Å². The van der Waals surface area contributed by atoms with Gasteiger partial charge in [0.15, 0.2) is 0 Å². The molecule has 3 atom stereocenters. The van der Waals surface area contributed by atoms with Crippen LogP contribution >= 0.6 is 11.8 Å². The molecule has 0 spiro atoms. The standard InChI is InChI=1S/C16H33NS/c1-6-17-15-9-8-14(16(3,4)5)12-13(15)10-11-18-7-2/h13-15,17H,6-12H2,1-5H3. The minimum absolute atomic E-state index is 0.493. The summed E-state index contributed by atoms with van der Waals surface area (Å²) in [6.45, 7) is 12.9. The third-order valence-electron chi connectivity index (χ3n) is 4.51. The molecule has 1 aliphatic carbocycles. The van der Waals surface area contributed by atoms with E-state index in [2.05, 4.69) is 51.7 Å².